The van der Waals surface area contributed by atoms with Crippen LogP contribution in [0.2, 0.25) is 12.1 Å². The van der Waals surface area contributed by atoms with Gasteiger partial charge < -0.3 is 51.4 Å². The van der Waals surface area contributed by atoms with E-state index in [9.17, 15) is 9.59 Å². The average molecular weight is 707 g/mol. The molecule has 47 heavy (non-hydrogen) atoms. The molecule has 1 heterocycles. The Balaban J connectivity index is 2.19. The molecular weight excluding hydrogens is 645 g/mol. The van der Waals surface area contributed by atoms with Gasteiger partial charge in [0.1, 0.15) is 19.3 Å². The lowest BCUT2D eigenvalue weighted by Crippen LogP contribution is -2.46. The molecule has 0 aliphatic carbocycles. The monoisotopic (exact) mass is 706 g/mol. The number of nitrogens with one attached hydrogen (secondary N) is 2. The van der Waals surface area contributed by atoms with E-state index in [1.807, 2.05) is 59.8 Å². The number of epoxide rings is 1. The van der Waals surface area contributed by atoms with Gasteiger partial charge in [0.05, 0.1) is 6.10 Å². The lowest BCUT2D eigenvalue weighted by molar-refractivity contribution is 0.0699. The molecule has 1 saturated heterocycles. The Kier molecular flexibility index (Phi) is 24.0. The second-order valence-corrected chi connectivity index (χ2v) is 16.2. The highest BCUT2D eigenvalue weighted by Gasteiger charge is 2.41. The van der Waals surface area contributed by atoms with E-state index in [0.29, 0.717) is 77.7 Å². The molecule has 2 amide bonds. The number of ether oxygens (including phenoxy) is 3. The van der Waals surface area contributed by atoms with E-state index in [4.69, 9.17) is 40.8 Å². The zero-order chi connectivity index (χ0) is 34.8. The fraction of sp³-hybridized carbons (Fsp3) is 0.812. The summed E-state index contributed by atoms with van der Waals surface area (Å²) in [5.41, 5.74) is 0. The van der Waals surface area contributed by atoms with Gasteiger partial charge in [0.25, 0.3) is 0 Å². The third kappa shape index (κ3) is 19.1. The number of alkyl carbamates (subject to hydrolysis) is 2. The van der Waals surface area contributed by atoms with E-state index < -0.39 is 29.8 Å². The van der Waals surface area contributed by atoms with Crippen molar-refractivity contribution in [1.29, 1.82) is 0 Å². The number of hydrogen-bond acceptors (Lipinski definition) is 11. The molecule has 0 saturated carbocycles. The number of allylic oxidation sites excluding steroid dienone is 2. The van der Waals surface area contributed by atoms with E-state index in [1.165, 1.54) is 0 Å². The van der Waals surface area contributed by atoms with Crippen molar-refractivity contribution in [2.24, 2.45) is 5.92 Å². The summed E-state index contributed by atoms with van der Waals surface area (Å²) in [6.45, 7) is 19.9. The van der Waals surface area contributed by atoms with Crippen molar-refractivity contribution < 1.29 is 50.4 Å². The van der Waals surface area contributed by atoms with Crippen LogP contribution in [-0.2, 0) is 40.8 Å². The molecule has 15 heteroatoms. The molecule has 0 aromatic heterocycles. The van der Waals surface area contributed by atoms with Gasteiger partial charge in [-0.1, -0.05) is 18.2 Å². The van der Waals surface area contributed by atoms with E-state index >= 15 is 0 Å². The molecule has 0 aromatic carbocycles. The zero-order valence-corrected chi connectivity index (χ0v) is 31.7. The lowest BCUT2D eigenvalue weighted by atomic mass is 9.97. The summed E-state index contributed by atoms with van der Waals surface area (Å²) in [6, 6.07) is 1.25. The van der Waals surface area contributed by atoms with Crippen molar-refractivity contribution >= 4 is 29.8 Å². The van der Waals surface area contributed by atoms with Gasteiger partial charge in [-0.05, 0) is 79.6 Å². The molecule has 1 rings (SSSR count). The number of carbonyl (C=O) groups excluding carboxylic acids is 2. The highest BCUT2D eigenvalue weighted by Crippen LogP contribution is 2.29. The first-order valence-electron chi connectivity index (χ1n) is 17.3. The molecule has 0 bridgehead atoms. The zero-order valence-electron chi connectivity index (χ0n) is 29.7. The number of rotatable bonds is 30. The molecule has 3 unspecified atom stereocenters. The predicted molar refractivity (Wildman–Crippen MR) is 184 cm³/mol. The fourth-order valence-corrected chi connectivity index (χ4v) is 10.2. The van der Waals surface area contributed by atoms with E-state index in [1.54, 1.807) is 0 Å². The summed E-state index contributed by atoms with van der Waals surface area (Å²) in [6.07, 6.45) is 8.67. The Morgan fingerprint density at radius 2 is 1.19 bits per heavy atom. The minimum Gasteiger partial charge on any atom is -0.447 e. The summed E-state index contributed by atoms with van der Waals surface area (Å²) in [7, 11) is -5.42. The summed E-state index contributed by atoms with van der Waals surface area (Å²) in [5, 5.41) is 5.55. The first-order chi connectivity index (χ1) is 22.8. The maximum Gasteiger partial charge on any atom is 0.500 e. The van der Waals surface area contributed by atoms with Crippen LogP contribution in [-0.4, -0.2) is 108 Å². The van der Waals surface area contributed by atoms with Crippen molar-refractivity contribution in [1.82, 2.24) is 10.6 Å². The van der Waals surface area contributed by atoms with Crippen LogP contribution >= 0.6 is 0 Å². The van der Waals surface area contributed by atoms with Crippen LogP contribution in [0.4, 0.5) is 9.59 Å². The molecule has 0 aromatic rings. The Hall–Kier alpha value is -1.83. The molecule has 1 fully saturated rings. The van der Waals surface area contributed by atoms with Gasteiger partial charge >= 0.3 is 29.8 Å². The molecule has 13 nitrogen and oxygen atoms in total. The maximum atomic E-state index is 12.1. The van der Waals surface area contributed by atoms with Crippen molar-refractivity contribution in [2.45, 2.75) is 97.9 Å². The largest absolute Gasteiger partial charge is 0.500 e. The standard InChI is InChI=1S/C32H62N2O11Si2/c1-8-28(19-15-16-24-37-31(35)33-22-17-25-46(39-9-2,40-10-3)41-11-4)20-21-29-30(45-29)27-38-32(36)34-23-18-26-47(42-12-5,43-13-6)44-14-7/h8,15-16,28-30H,1,9-14,17-27H2,2-7H3,(H,33,35)(H,34,36)/b16-15+. The smallest absolute Gasteiger partial charge is 0.447 e. The highest BCUT2D eigenvalue weighted by molar-refractivity contribution is 6.61. The molecular formula is C32H62N2O11Si2. The van der Waals surface area contributed by atoms with Crippen molar-refractivity contribution in [3.8, 4) is 0 Å². The predicted octanol–water partition coefficient (Wildman–Crippen LogP) is 5.61. The normalized spacial score (nSPS) is 17.0. The molecule has 3 atom stereocenters. The molecule has 1 aliphatic rings. The van der Waals surface area contributed by atoms with Crippen molar-refractivity contribution in [2.75, 3.05) is 65.9 Å². The molecule has 2 N–H and O–H groups in total. The van der Waals surface area contributed by atoms with Gasteiger partial charge in [0, 0.05) is 64.8 Å². The Labute approximate surface area is 285 Å². The molecule has 274 valence electrons. The minimum atomic E-state index is -2.71. The van der Waals surface area contributed by atoms with Crippen molar-refractivity contribution in [3.63, 3.8) is 0 Å². The Bertz CT molecular complexity index is 850. The van der Waals surface area contributed by atoms with E-state index in [2.05, 4.69) is 17.2 Å². The fourth-order valence-electron chi connectivity index (χ4n) is 5.01. The first kappa shape index (κ1) is 43.2. The number of amides is 2. The summed E-state index contributed by atoms with van der Waals surface area (Å²) in [5.74, 6) is 0.264. The maximum absolute atomic E-state index is 12.1. The van der Waals surface area contributed by atoms with Gasteiger partial charge in [0.15, 0.2) is 0 Å². The van der Waals surface area contributed by atoms with Crippen LogP contribution in [0.3, 0.4) is 0 Å². The van der Waals surface area contributed by atoms with Gasteiger partial charge in [-0.2, -0.15) is 0 Å². The number of carbonyl (C=O) groups is 2. The molecule has 0 spiro atoms. The summed E-state index contributed by atoms with van der Waals surface area (Å²) >= 11 is 0. The van der Waals surface area contributed by atoms with Crippen LogP contribution in [0, 0.1) is 5.92 Å². The van der Waals surface area contributed by atoms with E-state index in [0.717, 1.165) is 19.3 Å². The van der Waals surface area contributed by atoms with Crippen LogP contribution in [0.25, 0.3) is 0 Å². The van der Waals surface area contributed by atoms with E-state index in [-0.39, 0.29) is 31.3 Å². The van der Waals surface area contributed by atoms with Gasteiger partial charge in [-0.3, -0.25) is 0 Å². The minimum absolute atomic E-state index is 0.0693. The lowest BCUT2D eigenvalue weighted by Gasteiger charge is -2.28. The summed E-state index contributed by atoms with van der Waals surface area (Å²) < 4.78 is 51.3. The topological polar surface area (TPSA) is 145 Å². The number of hydrogen-bond donors (Lipinski definition) is 2. The second-order valence-electron chi connectivity index (χ2n) is 10.7. The first-order valence-corrected chi connectivity index (χ1v) is 21.2. The third-order valence-electron chi connectivity index (χ3n) is 7.18. The Morgan fingerprint density at radius 1 is 0.723 bits per heavy atom. The van der Waals surface area contributed by atoms with Crippen molar-refractivity contribution in [3.05, 3.63) is 24.8 Å². The highest BCUT2D eigenvalue weighted by atomic mass is 28.4. The van der Waals surface area contributed by atoms with Gasteiger partial charge in [0.2, 0.25) is 0 Å². The third-order valence-corrected chi connectivity index (χ3v) is 13.5. The van der Waals surface area contributed by atoms with Gasteiger partial charge in [-0.25, -0.2) is 9.59 Å². The average Bonchev–Trinajstić information content (AvgIpc) is 3.81. The molecule has 0 radical (unpaired) electrons. The SMILES string of the molecule is C=CC(C/C=C/COC(=O)NCCC[Si](OCC)(OCC)OCC)CCC1OC1COC(=O)NCCC[Si](OCC)(OCC)OCC. The van der Waals surface area contributed by atoms with Crippen LogP contribution in [0.15, 0.2) is 24.8 Å². The quantitative estimate of drug-likeness (QED) is 0.0416. The Morgan fingerprint density at radius 3 is 1.64 bits per heavy atom. The second kappa shape index (κ2) is 26.1. The van der Waals surface area contributed by atoms with Crippen LogP contribution in [0.5, 0.6) is 0 Å². The summed E-state index contributed by atoms with van der Waals surface area (Å²) in [4.78, 5) is 24.2. The molecule has 1 aliphatic heterocycles. The van der Waals surface area contributed by atoms with Crippen LogP contribution in [0.1, 0.15) is 73.6 Å². The van der Waals surface area contributed by atoms with Gasteiger partial charge in [-0.15, -0.1) is 6.58 Å². The van der Waals surface area contributed by atoms with Crippen LogP contribution < -0.4 is 10.6 Å².